The summed E-state index contributed by atoms with van der Waals surface area (Å²) in [5, 5.41) is 5.04. The maximum Gasteiger partial charge on any atom is 0.309 e. The van der Waals surface area contributed by atoms with Crippen LogP contribution in [0.15, 0.2) is 0 Å². The first-order valence-corrected chi connectivity index (χ1v) is 4.67. The monoisotopic (exact) mass is 201 g/mol. The van der Waals surface area contributed by atoms with Gasteiger partial charge in [-0.1, -0.05) is 0 Å². The van der Waals surface area contributed by atoms with E-state index in [2.05, 4.69) is 10.6 Å². The van der Waals surface area contributed by atoms with Crippen LogP contribution in [0, 0.1) is 0 Å². The van der Waals surface area contributed by atoms with Crippen LogP contribution < -0.4 is 10.6 Å². The zero-order valence-corrected chi connectivity index (χ0v) is 9.26. The molecule has 0 aromatic carbocycles. The molecule has 0 rings (SSSR count). The van der Waals surface area contributed by atoms with Gasteiger partial charge in [0.2, 0.25) is 0 Å². The number of hydrogen-bond acceptors (Lipinski definition) is 3. The van der Waals surface area contributed by atoms with Crippen LogP contribution in [0.5, 0.6) is 0 Å². The first-order chi connectivity index (χ1) is 6.43. The van der Waals surface area contributed by atoms with Gasteiger partial charge in [0.1, 0.15) is 0 Å². The van der Waals surface area contributed by atoms with Crippen LogP contribution in [-0.2, 0) is 9.59 Å². The van der Waals surface area contributed by atoms with E-state index in [0.29, 0.717) is 6.54 Å². The Morgan fingerprint density at radius 2 is 1.79 bits per heavy atom. The molecule has 0 saturated heterocycles. The van der Waals surface area contributed by atoms with Crippen molar-refractivity contribution in [3.05, 3.63) is 0 Å². The summed E-state index contributed by atoms with van der Waals surface area (Å²) in [6, 6.07) is -0.0119. The molecule has 2 amide bonds. The van der Waals surface area contributed by atoms with Crippen molar-refractivity contribution in [2.75, 3.05) is 27.2 Å². The molecule has 0 unspecified atom stereocenters. The highest BCUT2D eigenvalue weighted by atomic mass is 16.2. The molecule has 0 saturated carbocycles. The Bertz CT molecular complexity index is 202. The van der Waals surface area contributed by atoms with Crippen molar-refractivity contribution < 1.29 is 9.59 Å². The van der Waals surface area contributed by atoms with Crippen molar-refractivity contribution in [2.45, 2.75) is 19.9 Å². The lowest BCUT2D eigenvalue weighted by atomic mass is 10.4. The highest BCUT2D eigenvalue weighted by molar-refractivity contribution is 6.35. The Balaban J connectivity index is 3.68. The second-order valence-electron chi connectivity index (χ2n) is 3.69. The summed E-state index contributed by atoms with van der Waals surface area (Å²) < 4.78 is 0. The third-order valence-electron chi connectivity index (χ3n) is 1.47. The van der Waals surface area contributed by atoms with Crippen LogP contribution in [0.2, 0.25) is 0 Å². The predicted molar refractivity (Wildman–Crippen MR) is 54.8 cm³/mol. The molecular weight excluding hydrogens is 182 g/mol. The summed E-state index contributed by atoms with van der Waals surface area (Å²) in [5.41, 5.74) is 0. The third-order valence-corrected chi connectivity index (χ3v) is 1.47. The average molecular weight is 201 g/mol. The van der Waals surface area contributed by atoms with Gasteiger partial charge in [-0.15, -0.1) is 0 Å². The van der Waals surface area contributed by atoms with Gasteiger partial charge in [0.25, 0.3) is 0 Å². The molecular formula is C9H19N3O2. The number of carbonyl (C=O) groups excluding carboxylic acids is 2. The fraction of sp³-hybridized carbons (Fsp3) is 0.778. The zero-order chi connectivity index (χ0) is 11.1. The van der Waals surface area contributed by atoms with E-state index in [1.165, 1.54) is 0 Å². The van der Waals surface area contributed by atoms with Crippen molar-refractivity contribution in [3.63, 3.8) is 0 Å². The fourth-order valence-corrected chi connectivity index (χ4v) is 0.801. The molecule has 0 radical (unpaired) electrons. The van der Waals surface area contributed by atoms with E-state index in [9.17, 15) is 9.59 Å². The van der Waals surface area contributed by atoms with E-state index in [1.807, 2.05) is 32.8 Å². The van der Waals surface area contributed by atoms with Crippen LogP contribution in [0.25, 0.3) is 0 Å². The third kappa shape index (κ3) is 6.42. The van der Waals surface area contributed by atoms with Gasteiger partial charge in [0.15, 0.2) is 0 Å². The Morgan fingerprint density at radius 1 is 1.21 bits per heavy atom. The molecule has 0 aromatic rings. The van der Waals surface area contributed by atoms with Crippen molar-refractivity contribution >= 4 is 11.8 Å². The Labute approximate surface area is 84.8 Å². The lowest BCUT2D eigenvalue weighted by Gasteiger charge is -2.11. The maximum atomic E-state index is 11.1. The summed E-state index contributed by atoms with van der Waals surface area (Å²) in [7, 11) is 3.81. The van der Waals surface area contributed by atoms with E-state index in [0.717, 1.165) is 6.54 Å². The molecule has 0 atom stereocenters. The summed E-state index contributed by atoms with van der Waals surface area (Å²) in [5.74, 6) is -1.14. The standard InChI is InChI=1S/C9H19N3O2/c1-7(2)11-9(14)8(13)10-5-6-12(3)4/h7H,5-6H2,1-4H3,(H,10,13)(H,11,14). The summed E-state index contributed by atoms with van der Waals surface area (Å²) in [6.07, 6.45) is 0. The molecule has 2 N–H and O–H groups in total. The average Bonchev–Trinajstić information content (AvgIpc) is 2.01. The molecule has 14 heavy (non-hydrogen) atoms. The minimum atomic E-state index is -0.571. The van der Waals surface area contributed by atoms with Crippen LogP contribution in [0.3, 0.4) is 0 Å². The quantitative estimate of drug-likeness (QED) is 0.585. The first kappa shape index (κ1) is 12.9. The van der Waals surface area contributed by atoms with E-state index in [-0.39, 0.29) is 6.04 Å². The Morgan fingerprint density at radius 3 is 2.21 bits per heavy atom. The smallest absolute Gasteiger partial charge is 0.309 e. The summed E-state index contributed by atoms with van der Waals surface area (Å²) in [4.78, 5) is 24.1. The maximum absolute atomic E-state index is 11.1. The molecule has 0 aliphatic heterocycles. The van der Waals surface area contributed by atoms with Gasteiger partial charge >= 0.3 is 11.8 Å². The fourth-order valence-electron chi connectivity index (χ4n) is 0.801. The second kappa shape index (κ2) is 6.37. The molecule has 0 aliphatic rings. The number of rotatable bonds is 4. The van der Waals surface area contributed by atoms with E-state index in [4.69, 9.17) is 0 Å². The van der Waals surface area contributed by atoms with Crippen molar-refractivity contribution in [3.8, 4) is 0 Å². The number of hydrogen-bond donors (Lipinski definition) is 2. The predicted octanol–water partition coefficient (Wildman–Crippen LogP) is -0.811. The van der Waals surface area contributed by atoms with Crippen molar-refractivity contribution in [2.24, 2.45) is 0 Å². The normalized spacial score (nSPS) is 10.4. The SMILES string of the molecule is CC(C)NC(=O)C(=O)NCCN(C)C. The van der Waals surface area contributed by atoms with Gasteiger partial charge in [0.05, 0.1) is 0 Å². The van der Waals surface area contributed by atoms with Crippen molar-refractivity contribution in [1.29, 1.82) is 0 Å². The van der Waals surface area contributed by atoms with Gasteiger partial charge in [-0.2, -0.15) is 0 Å². The second-order valence-corrected chi connectivity index (χ2v) is 3.69. The molecule has 0 bridgehead atoms. The van der Waals surface area contributed by atoms with Crippen LogP contribution >= 0.6 is 0 Å². The largest absolute Gasteiger partial charge is 0.347 e. The lowest BCUT2D eigenvalue weighted by Crippen LogP contribution is -2.44. The van der Waals surface area contributed by atoms with Crippen LogP contribution in [0.4, 0.5) is 0 Å². The van der Waals surface area contributed by atoms with Gasteiger partial charge in [-0.05, 0) is 27.9 Å². The molecule has 5 nitrogen and oxygen atoms in total. The van der Waals surface area contributed by atoms with Gasteiger partial charge in [-0.3, -0.25) is 9.59 Å². The highest BCUT2D eigenvalue weighted by Crippen LogP contribution is 1.78. The van der Waals surface area contributed by atoms with Crippen LogP contribution in [-0.4, -0.2) is 49.9 Å². The van der Waals surface area contributed by atoms with Gasteiger partial charge in [0, 0.05) is 19.1 Å². The minimum absolute atomic E-state index is 0.0119. The topological polar surface area (TPSA) is 61.4 Å². The molecule has 0 aromatic heterocycles. The van der Waals surface area contributed by atoms with Gasteiger partial charge < -0.3 is 15.5 Å². The molecule has 0 aliphatic carbocycles. The zero-order valence-electron chi connectivity index (χ0n) is 9.26. The summed E-state index contributed by atoms with van der Waals surface area (Å²) >= 11 is 0. The Hall–Kier alpha value is -1.10. The molecule has 0 heterocycles. The van der Waals surface area contributed by atoms with E-state index >= 15 is 0 Å². The number of likely N-dealkylation sites (N-methyl/N-ethyl adjacent to an activating group) is 1. The van der Waals surface area contributed by atoms with Crippen LogP contribution in [0.1, 0.15) is 13.8 Å². The van der Waals surface area contributed by atoms with E-state index < -0.39 is 11.8 Å². The number of nitrogens with one attached hydrogen (secondary N) is 2. The molecule has 0 spiro atoms. The molecule has 82 valence electrons. The van der Waals surface area contributed by atoms with E-state index in [1.54, 1.807) is 0 Å². The summed E-state index contributed by atoms with van der Waals surface area (Å²) in [6.45, 7) is 4.83. The highest BCUT2D eigenvalue weighted by Gasteiger charge is 2.12. The molecule has 0 fully saturated rings. The number of carbonyl (C=O) groups is 2. The van der Waals surface area contributed by atoms with Crippen molar-refractivity contribution in [1.82, 2.24) is 15.5 Å². The minimum Gasteiger partial charge on any atom is -0.347 e. The Kier molecular flexibility index (Phi) is 5.87. The van der Waals surface area contributed by atoms with Gasteiger partial charge in [-0.25, -0.2) is 0 Å². The lowest BCUT2D eigenvalue weighted by molar-refractivity contribution is -0.139. The number of amides is 2. The first-order valence-electron chi connectivity index (χ1n) is 4.67. The molecule has 5 heteroatoms. The number of nitrogens with zero attached hydrogens (tertiary/aromatic N) is 1.